The van der Waals surface area contributed by atoms with Gasteiger partial charge in [0.15, 0.2) is 0 Å². The number of carbonyl (C=O) groups is 1. The maximum absolute atomic E-state index is 13.4. The molecule has 0 unspecified atom stereocenters. The lowest BCUT2D eigenvalue weighted by Crippen LogP contribution is -2.28. The fraction of sp³-hybridized carbons (Fsp3) is 0.371. The van der Waals surface area contributed by atoms with Crippen LogP contribution in [-0.4, -0.2) is 30.4 Å². The number of nitrogens with two attached hydrogens (primary N) is 1. The van der Waals surface area contributed by atoms with E-state index in [9.17, 15) is 15.3 Å². The van der Waals surface area contributed by atoms with Crippen LogP contribution in [-0.2, 0) is 27.1 Å². The molecule has 0 saturated carbocycles. The maximum atomic E-state index is 13.4. The zero-order valence-electron chi connectivity index (χ0n) is 26.1. The van der Waals surface area contributed by atoms with Crippen molar-refractivity contribution in [2.45, 2.75) is 57.9 Å². The number of hydrogen-bond acceptors (Lipinski definition) is 10. The molecule has 3 aromatic rings. The number of thiophene rings is 1. The predicted octanol–water partition coefficient (Wildman–Crippen LogP) is 7.26. The number of nitrogens with zero attached hydrogens (tertiary/aromatic N) is 3. The molecule has 1 aromatic carbocycles. The molecule has 0 amide bonds. The van der Waals surface area contributed by atoms with Crippen molar-refractivity contribution < 1.29 is 19.0 Å². The Kier molecular flexibility index (Phi) is 9.57. The third-order valence-corrected chi connectivity index (χ3v) is 10.3. The molecule has 2 N–H and O–H groups in total. The van der Waals surface area contributed by atoms with Gasteiger partial charge in [0.1, 0.15) is 34.2 Å². The lowest BCUT2D eigenvalue weighted by Gasteiger charge is -2.36. The number of nitriles is 2. The third kappa shape index (κ3) is 6.45. The summed E-state index contributed by atoms with van der Waals surface area (Å²) >= 11 is 2.74. The largest absolute Gasteiger partial charge is 0.497 e. The number of hydrogen-bond donors (Lipinski definition) is 1. The van der Waals surface area contributed by atoms with Crippen molar-refractivity contribution in [3.8, 4) is 29.0 Å². The van der Waals surface area contributed by atoms with Gasteiger partial charge >= 0.3 is 5.97 Å². The molecule has 1 aliphatic heterocycles. The van der Waals surface area contributed by atoms with Gasteiger partial charge in [0.2, 0.25) is 5.88 Å². The number of fused-ring (bicyclic) bond motifs is 1. The number of methoxy groups -OCH3 is 1. The Morgan fingerprint density at radius 1 is 1.20 bits per heavy atom. The summed E-state index contributed by atoms with van der Waals surface area (Å²) in [6, 6.07) is 16.1. The second-order valence-electron chi connectivity index (χ2n) is 12.0. The Balaban J connectivity index is 1.62. The number of aryl methyl sites for hydroxylation is 1. The van der Waals surface area contributed by atoms with E-state index in [1.165, 1.54) is 23.1 Å². The van der Waals surface area contributed by atoms with E-state index in [0.29, 0.717) is 16.5 Å². The number of carbonyl (C=O) groups excluding carboxylic acids is 1. The van der Waals surface area contributed by atoms with E-state index in [2.05, 4.69) is 32.9 Å². The molecule has 0 fully saturated rings. The smallest absolute Gasteiger partial charge is 0.338 e. The van der Waals surface area contributed by atoms with Crippen LogP contribution in [0, 0.1) is 34.0 Å². The SMILES string of the molecule is CCOC(=O)C1=C(CSc2nc3c(c(-c4ccc(OC)cc4)c2C#N)C[C@@H](C(C)(C)C)CC3)OC(N)=C(C#N)[C@H]1c1cccs1. The van der Waals surface area contributed by atoms with Gasteiger partial charge in [-0.15, -0.1) is 11.3 Å². The first-order chi connectivity index (χ1) is 21.6. The maximum Gasteiger partial charge on any atom is 0.338 e. The summed E-state index contributed by atoms with van der Waals surface area (Å²) in [5.74, 6) is 0.286. The zero-order valence-corrected chi connectivity index (χ0v) is 27.7. The minimum atomic E-state index is -0.713. The van der Waals surface area contributed by atoms with Crippen LogP contribution in [0.3, 0.4) is 0 Å². The van der Waals surface area contributed by atoms with Crippen molar-refractivity contribution in [1.29, 1.82) is 10.5 Å². The number of rotatable bonds is 8. The van der Waals surface area contributed by atoms with Gasteiger partial charge in [0.25, 0.3) is 0 Å². The normalized spacial score (nSPS) is 18.0. The van der Waals surface area contributed by atoms with E-state index >= 15 is 0 Å². The number of pyridine rings is 1. The summed E-state index contributed by atoms with van der Waals surface area (Å²) in [7, 11) is 1.63. The van der Waals surface area contributed by atoms with E-state index < -0.39 is 11.9 Å². The van der Waals surface area contributed by atoms with Crippen LogP contribution < -0.4 is 10.5 Å². The molecule has 2 aromatic heterocycles. The molecule has 0 radical (unpaired) electrons. The first-order valence-electron chi connectivity index (χ1n) is 14.8. The fourth-order valence-electron chi connectivity index (χ4n) is 5.99. The summed E-state index contributed by atoms with van der Waals surface area (Å²) in [6.07, 6.45) is 2.63. The molecule has 45 heavy (non-hydrogen) atoms. The van der Waals surface area contributed by atoms with Crippen LogP contribution in [0.4, 0.5) is 0 Å². The lowest BCUT2D eigenvalue weighted by molar-refractivity contribution is -0.139. The molecule has 2 aliphatic rings. The third-order valence-electron chi connectivity index (χ3n) is 8.41. The Hall–Kier alpha value is -4.25. The quantitative estimate of drug-likeness (QED) is 0.200. The molecular weight excluding hydrogens is 605 g/mol. The van der Waals surface area contributed by atoms with Crippen molar-refractivity contribution >= 4 is 29.1 Å². The predicted molar refractivity (Wildman–Crippen MR) is 175 cm³/mol. The van der Waals surface area contributed by atoms with Crippen molar-refractivity contribution in [2.75, 3.05) is 19.5 Å². The number of ether oxygens (including phenoxy) is 3. The van der Waals surface area contributed by atoms with Gasteiger partial charge in [-0.1, -0.05) is 50.7 Å². The molecule has 10 heteroatoms. The number of esters is 1. The molecular formula is C35H36N4O4S2. The number of aromatic nitrogens is 1. The highest BCUT2D eigenvalue weighted by molar-refractivity contribution is 7.99. The summed E-state index contributed by atoms with van der Waals surface area (Å²) in [5.41, 5.74) is 11.1. The summed E-state index contributed by atoms with van der Waals surface area (Å²) in [6.45, 7) is 8.68. The van der Waals surface area contributed by atoms with Gasteiger partial charge in [0, 0.05) is 16.1 Å². The Labute approximate surface area is 272 Å². The van der Waals surface area contributed by atoms with E-state index in [0.717, 1.165) is 52.3 Å². The highest BCUT2D eigenvalue weighted by Crippen LogP contribution is 2.46. The van der Waals surface area contributed by atoms with E-state index in [1.807, 2.05) is 41.8 Å². The summed E-state index contributed by atoms with van der Waals surface area (Å²) < 4.78 is 16.8. The van der Waals surface area contributed by atoms with Crippen molar-refractivity contribution in [3.63, 3.8) is 0 Å². The van der Waals surface area contributed by atoms with Gasteiger partial charge in [-0.25, -0.2) is 9.78 Å². The van der Waals surface area contributed by atoms with Crippen LogP contribution in [0.5, 0.6) is 5.75 Å². The second-order valence-corrected chi connectivity index (χ2v) is 14.0. The molecule has 1 aliphatic carbocycles. The topological polar surface area (TPSA) is 131 Å². The lowest BCUT2D eigenvalue weighted by atomic mass is 9.70. The minimum absolute atomic E-state index is 0.0504. The molecule has 0 bridgehead atoms. The highest BCUT2D eigenvalue weighted by atomic mass is 32.2. The fourth-order valence-corrected chi connectivity index (χ4v) is 7.78. The Morgan fingerprint density at radius 3 is 2.56 bits per heavy atom. The van der Waals surface area contributed by atoms with E-state index in [4.69, 9.17) is 24.9 Å². The zero-order chi connectivity index (χ0) is 32.3. The Morgan fingerprint density at radius 2 is 1.96 bits per heavy atom. The first-order valence-corrected chi connectivity index (χ1v) is 16.7. The molecule has 5 rings (SSSR count). The average molecular weight is 641 g/mol. The Bertz CT molecular complexity index is 1740. The van der Waals surface area contributed by atoms with Gasteiger partial charge < -0.3 is 19.9 Å². The van der Waals surface area contributed by atoms with Crippen LogP contribution in [0.25, 0.3) is 11.1 Å². The van der Waals surface area contributed by atoms with E-state index in [-0.39, 0.29) is 40.6 Å². The van der Waals surface area contributed by atoms with Crippen LogP contribution >= 0.6 is 23.1 Å². The number of benzene rings is 1. The summed E-state index contributed by atoms with van der Waals surface area (Å²) in [5, 5.41) is 23.0. The van der Waals surface area contributed by atoms with Gasteiger partial charge in [-0.05, 0) is 72.2 Å². The second kappa shape index (κ2) is 13.4. The number of allylic oxidation sites excluding steroid dienone is 1. The van der Waals surface area contributed by atoms with E-state index in [1.54, 1.807) is 14.0 Å². The molecule has 0 saturated heterocycles. The standard InChI is InChI=1S/C35H36N4O4S2/c1-6-42-34(40)31-27(43-32(38)24(17-36)30(31)28-8-7-15-44-28)19-45-33-25(18-37)29(20-9-12-22(41-5)13-10-20)23-16-21(35(2,3)4)11-14-26(23)39-33/h7-10,12-13,15,21,30H,6,11,14,16,19,38H2,1-5H3/t21-,30-/m0/s1. The van der Waals surface area contributed by atoms with Crippen molar-refractivity contribution in [3.05, 3.63) is 86.3 Å². The van der Waals surface area contributed by atoms with Gasteiger partial charge in [0.05, 0.1) is 36.5 Å². The molecule has 8 nitrogen and oxygen atoms in total. The van der Waals surface area contributed by atoms with Crippen LogP contribution in [0.1, 0.15) is 61.7 Å². The van der Waals surface area contributed by atoms with Crippen LogP contribution in [0.15, 0.2) is 69.6 Å². The molecule has 3 heterocycles. The first kappa shape index (κ1) is 32.2. The van der Waals surface area contributed by atoms with Gasteiger partial charge in [-0.3, -0.25) is 0 Å². The summed E-state index contributed by atoms with van der Waals surface area (Å²) in [4.78, 5) is 19.2. The van der Waals surface area contributed by atoms with Crippen LogP contribution in [0.2, 0.25) is 0 Å². The molecule has 232 valence electrons. The monoisotopic (exact) mass is 640 g/mol. The van der Waals surface area contributed by atoms with Crippen molar-refractivity contribution in [2.24, 2.45) is 17.1 Å². The van der Waals surface area contributed by atoms with Crippen molar-refractivity contribution in [1.82, 2.24) is 4.98 Å². The number of thioether (sulfide) groups is 1. The minimum Gasteiger partial charge on any atom is -0.497 e. The molecule has 2 atom stereocenters. The molecule has 0 spiro atoms. The van der Waals surface area contributed by atoms with Gasteiger partial charge in [-0.2, -0.15) is 10.5 Å². The average Bonchev–Trinajstić information content (AvgIpc) is 3.57. The highest BCUT2D eigenvalue weighted by Gasteiger charge is 2.39.